The van der Waals surface area contributed by atoms with Crippen LogP contribution in [0, 0.1) is 6.92 Å². The molecule has 2 heterocycles. The van der Waals surface area contributed by atoms with Crippen molar-refractivity contribution in [2.24, 2.45) is 0 Å². The molecule has 100 valence electrons. The molecule has 4 rings (SSSR count). The van der Waals surface area contributed by atoms with Gasteiger partial charge in [0.25, 0.3) is 0 Å². The van der Waals surface area contributed by atoms with E-state index in [0.29, 0.717) is 10.9 Å². The van der Waals surface area contributed by atoms with E-state index in [0.717, 1.165) is 35.2 Å². The minimum absolute atomic E-state index is 0.653. The molecule has 0 fully saturated rings. The summed E-state index contributed by atoms with van der Waals surface area (Å²) in [6, 6.07) is 10.0. The Morgan fingerprint density at radius 1 is 1.25 bits per heavy atom. The number of halogens is 1. The van der Waals surface area contributed by atoms with Crippen LogP contribution in [-0.2, 0) is 6.42 Å². The smallest absolute Gasteiger partial charge is 0.227 e. The Balaban J connectivity index is 1.88. The molecule has 0 aliphatic carbocycles. The molecule has 20 heavy (non-hydrogen) atoms. The molecule has 0 amide bonds. The minimum Gasteiger partial charge on any atom is -0.436 e. The van der Waals surface area contributed by atoms with Crippen LogP contribution in [0.1, 0.15) is 11.1 Å². The third-order valence-electron chi connectivity index (χ3n) is 3.70. The zero-order valence-electron chi connectivity index (χ0n) is 11.0. The molecular weight excluding hydrogens is 272 g/mol. The van der Waals surface area contributed by atoms with Crippen molar-refractivity contribution in [3.8, 4) is 11.5 Å². The summed E-state index contributed by atoms with van der Waals surface area (Å²) in [5.41, 5.74) is 6.17. The number of rotatable bonds is 1. The number of oxazole rings is 1. The van der Waals surface area contributed by atoms with Crippen molar-refractivity contribution in [1.29, 1.82) is 0 Å². The first-order valence-corrected chi connectivity index (χ1v) is 7.02. The van der Waals surface area contributed by atoms with Gasteiger partial charge < -0.3 is 9.73 Å². The van der Waals surface area contributed by atoms with Gasteiger partial charge in [-0.2, -0.15) is 0 Å². The number of nitrogens with one attached hydrogen (secondary N) is 1. The second-order valence-electron chi connectivity index (χ2n) is 5.14. The van der Waals surface area contributed by atoms with E-state index in [-0.39, 0.29) is 0 Å². The summed E-state index contributed by atoms with van der Waals surface area (Å²) in [5.74, 6) is 0.653. The minimum atomic E-state index is 0.653. The Morgan fingerprint density at radius 2 is 2.15 bits per heavy atom. The Hall–Kier alpha value is -2.00. The summed E-state index contributed by atoms with van der Waals surface area (Å²) < 4.78 is 5.91. The molecule has 1 aromatic heterocycles. The van der Waals surface area contributed by atoms with Gasteiger partial charge in [-0.25, -0.2) is 4.98 Å². The van der Waals surface area contributed by atoms with Gasteiger partial charge in [-0.15, -0.1) is 0 Å². The lowest BCUT2D eigenvalue weighted by Crippen LogP contribution is -1.90. The maximum atomic E-state index is 6.07. The first-order valence-electron chi connectivity index (χ1n) is 6.64. The summed E-state index contributed by atoms with van der Waals surface area (Å²) in [5, 5.41) is 4.04. The van der Waals surface area contributed by atoms with E-state index >= 15 is 0 Å². The van der Waals surface area contributed by atoms with Crippen LogP contribution in [0.2, 0.25) is 5.02 Å². The molecular formula is C16H13ClN2O. The second kappa shape index (κ2) is 4.25. The largest absolute Gasteiger partial charge is 0.436 e. The van der Waals surface area contributed by atoms with Gasteiger partial charge in [0, 0.05) is 22.8 Å². The zero-order chi connectivity index (χ0) is 13.7. The fraction of sp³-hybridized carbons (Fsp3) is 0.188. The van der Waals surface area contributed by atoms with Gasteiger partial charge in [0.1, 0.15) is 5.52 Å². The summed E-state index contributed by atoms with van der Waals surface area (Å²) in [6.45, 7) is 2.98. The molecule has 0 radical (unpaired) electrons. The molecule has 0 unspecified atom stereocenters. The number of benzene rings is 2. The average Bonchev–Trinajstić information content (AvgIpc) is 3.03. The molecule has 0 bridgehead atoms. The molecule has 0 atom stereocenters. The van der Waals surface area contributed by atoms with E-state index in [9.17, 15) is 0 Å². The van der Waals surface area contributed by atoms with Gasteiger partial charge in [-0.3, -0.25) is 0 Å². The summed E-state index contributed by atoms with van der Waals surface area (Å²) in [7, 11) is 0. The fourth-order valence-corrected chi connectivity index (χ4v) is 2.99. The van der Waals surface area contributed by atoms with Crippen LogP contribution in [0.4, 0.5) is 5.69 Å². The predicted molar refractivity (Wildman–Crippen MR) is 81.4 cm³/mol. The molecule has 4 heteroatoms. The lowest BCUT2D eigenvalue weighted by atomic mass is 10.1. The Labute approximate surface area is 121 Å². The van der Waals surface area contributed by atoms with E-state index in [1.165, 1.54) is 11.3 Å². The van der Waals surface area contributed by atoms with Gasteiger partial charge in [0.05, 0.1) is 0 Å². The maximum Gasteiger partial charge on any atom is 0.227 e. The van der Waals surface area contributed by atoms with Crippen molar-refractivity contribution in [3.05, 3.63) is 46.5 Å². The first-order chi connectivity index (χ1) is 9.70. The number of hydrogen-bond donors (Lipinski definition) is 1. The van der Waals surface area contributed by atoms with E-state index in [1.807, 2.05) is 25.1 Å². The van der Waals surface area contributed by atoms with Crippen LogP contribution in [0.15, 0.2) is 34.7 Å². The Kier molecular flexibility index (Phi) is 2.51. The maximum absolute atomic E-state index is 6.07. The molecule has 0 saturated heterocycles. The number of anilines is 1. The Morgan fingerprint density at radius 3 is 3.05 bits per heavy atom. The molecule has 0 saturated carbocycles. The molecule has 3 nitrogen and oxygen atoms in total. The van der Waals surface area contributed by atoms with E-state index < -0.39 is 0 Å². The molecule has 1 aliphatic heterocycles. The van der Waals surface area contributed by atoms with Crippen molar-refractivity contribution in [2.75, 3.05) is 11.9 Å². The highest BCUT2D eigenvalue weighted by molar-refractivity contribution is 6.31. The van der Waals surface area contributed by atoms with Gasteiger partial charge in [-0.1, -0.05) is 11.6 Å². The van der Waals surface area contributed by atoms with Crippen LogP contribution >= 0.6 is 11.6 Å². The number of aryl methyl sites for hydroxylation is 1. The summed E-state index contributed by atoms with van der Waals surface area (Å²) in [4.78, 5) is 4.56. The van der Waals surface area contributed by atoms with Crippen LogP contribution in [0.25, 0.3) is 22.6 Å². The number of fused-ring (bicyclic) bond motifs is 2. The molecule has 1 aliphatic rings. The topological polar surface area (TPSA) is 38.1 Å². The highest BCUT2D eigenvalue weighted by atomic mass is 35.5. The lowest BCUT2D eigenvalue weighted by molar-refractivity contribution is 0.617. The monoisotopic (exact) mass is 284 g/mol. The molecule has 1 N–H and O–H groups in total. The van der Waals surface area contributed by atoms with Crippen LogP contribution in [0.3, 0.4) is 0 Å². The van der Waals surface area contributed by atoms with Crippen molar-refractivity contribution in [3.63, 3.8) is 0 Å². The lowest BCUT2D eigenvalue weighted by Gasteiger charge is -2.01. The normalized spacial score (nSPS) is 13.5. The van der Waals surface area contributed by atoms with Gasteiger partial charge in [0.2, 0.25) is 5.89 Å². The van der Waals surface area contributed by atoms with Crippen LogP contribution in [-0.4, -0.2) is 11.5 Å². The highest BCUT2D eigenvalue weighted by Crippen LogP contribution is 2.32. The second-order valence-corrected chi connectivity index (χ2v) is 5.58. The third kappa shape index (κ3) is 1.78. The van der Waals surface area contributed by atoms with Gasteiger partial charge in [-0.05, 0) is 54.8 Å². The SMILES string of the molecule is Cc1cc(Cl)cc2nc(-c3ccc4c(c3)CCN4)oc12. The summed E-state index contributed by atoms with van der Waals surface area (Å²) in [6.07, 6.45) is 1.05. The van der Waals surface area contributed by atoms with Crippen LogP contribution < -0.4 is 5.32 Å². The molecule has 2 aromatic carbocycles. The Bertz CT molecular complexity index is 823. The number of nitrogens with zero attached hydrogens (tertiary/aromatic N) is 1. The predicted octanol–water partition coefficient (Wildman–Crippen LogP) is 4.42. The fourth-order valence-electron chi connectivity index (χ4n) is 2.72. The van der Waals surface area contributed by atoms with Crippen molar-refractivity contribution < 1.29 is 4.42 Å². The van der Waals surface area contributed by atoms with Gasteiger partial charge >= 0.3 is 0 Å². The van der Waals surface area contributed by atoms with Crippen molar-refractivity contribution in [1.82, 2.24) is 4.98 Å². The van der Waals surface area contributed by atoms with Crippen molar-refractivity contribution in [2.45, 2.75) is 13.3 Å². The average molecular weight is 285 g/mol. The molecule has 3 aromatic rings. The third-order valence-corrected chi connectivity index (χ3v) is 3.92. The van der Waals surface area contributed by atoms with Crippen LogP contribution in [0.5, 0.6) is 0 Å². The van der Waals surface area contributed by atoms with Gasteiger partial charge in [0.15, 0.2) is 5.58 Å². The van der Waals surface area contributed by atoms with Crippen molar-refractivity contribution >= 4 is 28.4 Å². The van der Waals surface area contributed by atoms with E-state index in [1.54, 1.807) is 0 Å². The summed E-state index contributed by atoms with van der Waals surface area (Å²) >= 11 is 6.07. The quantitative estimate of drug-likeness (QED) is 0.718. The number of hydrogen-bond acceptors (Lipinski definition) is 3. The van der Waals surface area contributed by atoms with E-state index in [4.69, 9.17) is 16.0 Å². The highest BCUT2D eigenvalue weighted by Gasteiger charge is 2.15. The molecule has 0 spiro atoms. The first kappa shape index (κ1) is 11.8. The van der Waals surface area contributed by atoms with E-state index in [2.05, 4.69) is 22.4 Å². The zero-order valence-corrected chi connectivity index (χ0v) is 11.8. The standard InChI is InChI=1S/C16H13ClN2O/c1-9-6-12(17)8-14-15(9)20-16(19-14)11-2-3-13-10(7-11)4-5-18-13/h2-3,6-8,18H,4-5H2,1H3. The number of aromatic nitrogens is 1.